The third-order valence-electron chi connectivity index (χ3n) is 3.33. The zero-order valence-corrected chi connectivity index (χ0v) is 10.7. The van der Waals surface area contributed by atoms with Crippen molar-refractivity contribution in [3.8, 4) is 0 Å². The Kier molecular flexibility index (Phi) is 3.02. The number of pyridine rings is 1. The molecule has 1 aliphatic heterocycles. The van der Waals surface area contributed by atoms with Crippen molar-refractivity contribution in [3.63, 3.8) is 0 Å². The second kappa shape index (κ2) is 4.84. The zero-order valence-electron chi connectivity index (χ0n) is 10.7. The van der Waals surface area contributed by atoms with Crippen molar-refractivity contribution in [2.24, 2.45) is 0 Å². The molecular formula is C13H14N4O3. The molecule has 1 fully saturated rings. The van der Waals surface area contributed by atoms with Gasteiger partial charge in [0.05, 0.1) is 0 Å². The van der Waals surface area contributed by atoms with Crippen molar-refractivity contribution >= 4 is 23.3 Å². The van der Waals surface area contributed by atoms with Crippen LogP contribution in [0.15, 0.2) is 24.4 Å². The van der Waals surface area contributed by atoms with Crippen LogP contribution in [0, 0.1) is 0 Å². The van der Waals surface area contributed by atoms with Crippen LogP contribution in [0.4, 0.5) is 5.82 Å². The van der Waals surface area contributed by atoms with Gasteiger partial charge < -0.3 is 15.3 Å². The number of rotatable bonds is 2. The zero-order chi connectivity index (χ0) is 14.1. The minimum Gasteiger partial charge on any atom is -0.476 e. The highest BCUT2D eigenvalue weighted by Gasteiger charge is 2.24. The number of hydrogen-bond donors (Lipinski definition) is 2. The molecule has 3 heterocycles. The van der Waals surface area contributed by atoms with Crippen molar-refractivity contribution in [3.05, 3.63) is 30.1 Å². The van der Waals surface area contributed by atoms with E-state index in [1.165, 1.54) is 0 Å². The highest BCUT2D eigenvalue weighted by atomic mass is 16.4. The van der Waals surface area contributed by atoms with Crippen LogP contribution in [0.5, 0.6) is 0 Å². The lowest BCUT2D eigenvalue weighted by Crippen LogP contribution is -2.29. The summed E-state index contributed by atoms with van der Waals surface area (Å²) < 4.78 is 1.55. The summed E-state index contributed by atoms with van der Waals surface area (Å²) in [6.07, 6.45) is 2.02. The Morgan fingerprint density at radius 2 is 2.20 bits per heavy atom. The largest absolute Gasteiger partial charge is 0.476 e. The molecule has 104 valence electrons. The van der Waals surface area contributed by atoms with Gasteiger partial charge in [0.15, 0.2) is 11.5 Å². The normalized spacial score (nSPS) is 16.0. The van der Waals surface area contributed by atoms with E-state index in [1.54, 1.807) is 22.7 Å². The molecule has 0 unspecified atom stereocenters. The van der Waals surface area contributed by atoms with E-state index in [-0.39, 0.29) is 11.6 Å². The fourth-order valence-corrected chi connectivity index (χ4v) is 2.38. The Labute approximate surface area is 114 Å². The Bertz CT molecular complexity index is 679. The molecule has 3 rings (SSSR count). The van der Waals surface area contributed by atoms with E-state index in [1.807, 2.05) is 11.0 Å². The number of imidazole rings is 1. The van der Waals surface area contributed by atoms with Gasteiger partial charge in [-0.25, -0.2) is 9.78 Å². The summed E-state index contributed by atoms with van der Waals surface area (Å²) in [6, 6.07) is 5.33. The maximum absolute atomic E-state index is 11.5. The number of carbonyl (C=O) groups is 2. The van der Waals surface area contributed by atoms with Gasteiger partial charge in [-0.1, -0.05) is 6.07 Å². The molecule has 20 heavy (non-hydrogen) atoms. The van der Waals surface area contributed by atoms with Crippen LogP contribution in [0.2, 0.25) is 0 Å². The molecule has 2 aromatic heterocycles. The summed E-state index contributed by atoms with van der Waals surface area (Å²) in [7, 11) is 0. The van der Waals surface area contributed by atoms with Crippen LogP contribution in [0.3, 0.4) is 0 Å². The van der Waals surface area contributed by atoms with Gasteiger partial charge in [-0.3, -0.25) is 9.20 Å². The first kappa shape index (κ1) is 12.5. The van der Waals surface area contributed by atoms with E-state index in [0.717, 1.165) is 0 Å². The number of aromatic nitrogens is 2. The summed E-state index contributed by atoms with van der Waals surface area (Å²) in [4.78, 5) is 29.1. The van der Waals surface area contributed by atoms with Gasteiger partial charge in [0.1, 0.15) is 5.65 Å². The average Bonchev–Trinajstić information content (AvgIpc) is 2.68. The maximum atomic E-state index is 11.5. The topological polar surface area (TPSA) is 86.9 Å². The molecule has 0 saturated carbocycles. The maximum Gasteiger partial charge on any atom is 0.356 e. The summed E-state index contributed by atoms with van der Waals surface area (Å²) in [6.45, 7) is 1.51. The lowest BCUT2D eigenvalue weighted by molar-refractivity contribution is -0.120. The summed E-state index contributed by atoms with van der Waals surface area (Å²) >= 11 is 0. The van der Waals surface area contributed by atoms with Crippen LogP contribution >= 0.6 is 0 Å². The number of carbonyl (C=O) groups excluding carboxylic acids is 1. The van der Waals surface area contributed by atoms with E-state index in [0.29, 0.717) is 37.5 Å². The highest BCUT2D eigenvalue weighted by molar-refractivity contribution is 5.93. The van der Waals surface area contributed by atoms with Crippen LogP contribution in [0.25, 0.3) is 5.65 Å². The first-order valence-electron chi connectivity index (χ1n) is 6.39. The molecule has 2 aromatic rings. The first-order chi connectivity index (χ1) is 9.66. The van der Waals surface area contributed by atoms with E-state index in [9.17, 15) is 14.7 Å². The standard InChI is InChI=1S/C13H14N4O3/c18-10-4-7-16(8-5-14-10)12-11(13(19)20)17-6-2-1-3-9(17)15-12/h1-3,6H,4-5,7-8H2,(H,14,18)(H,19,20). The molecule has 1 amide bonds. The number of hydrogen-bond acceptors (Lipinski definition) is 4. The van der Waals surface area contributed by atoms with Crippen molar-refractivity contribution in [1.82, 2.24) is 14.7 Å². The molecule has 0 bridgehead atoms. The Morgan fingerprint density at radius 1 is 1.35 bits per heavy atom. The van der Waals surface area contributed by atoms with Crippen LogP contribution < -0.4 is 10.2 Å². The molecule has 7 heteroatoms. The first-order valence-corrected chi connectivity index (χ1v) is 6.39. The van der Waals surface area contributed by atoms with E-state index in [4.69, 9.17) is 0 Å². The van der Waals surface area contributed by atoms with Gasteiger partial charge in [-0.2, -0.15) is 0 Å². The fraction of sp³-hybridized carbons (Fsp3) is 0.308. The lowest BCUT2D eigenvalue weighted by atomic mass is 10.3. The second-order valence-corrected chi connectivity index (χ2v) is 4.61. The Balaban J connectivity index is 2.08. The van der Waals surface area contributed by atoms with Crippen molar-refractivity contribution < 1.29 is 14.7 Å². The van der Waals surface area contributed by atoms with Crippen molar-refractivity contribution in [1.29, 1.82) is 0 Å². The van der Waals surface area contributed by atoms with Crippen LogP contribution in [-0.2, 0) is 4.79 Å². The molecule has 1 aliphatic rings. The van der Waals surface area contributed by atoms with Gasteiger partial charge >= 0.3 is 5.97 Å². The third kappa shape index (κ3) is 2.07. The molecule has 1 saturated heterocycles. The summed E-state index contributed by atoms with van der Waals surface area (Å²) in [5.41, 5.74) is 0.721. The van der Waals surface area contributed by atoms with Gasteiger partial charge in [0.2, 0.25) is 5.91 Å². The lowest BCUT2D eigenvalue weighted by Gasteiger charge is -2.19. The minimum absolute atomic E-state index is 0.0202. The quantitative estimate of drug-likeness (QED) is 0.825. The van der Waals surface area contributed by atoms with Crippen molar-refractivity contribution in [2.45, 2.75) is 6.42 Å². The predicted molar refractivity (Wildman–Crippen MR) is 72.0 cm³/mol. The fourth-order valence-electron chi connectivity index (χ4n) is 2.38. The summed E-state index contributed by atoms with van der Waals surface area (Å²) in [5, 5.41) is 12.2. The Hall–Kier alpha value is -2.57. The number of carboxylic acid groups (broad SMARTS) is 1. The van der Waals surface area contributed by atoms with E-state index in [2.05, 4.69) is 10.3 Å². The summed E-state index contributed by atoms with van der Waals surface area (Å²) in [5.74, 6) is -0.629. The number of fused-ring (bicyclic) bond motifs is 1. The SMILES string of the molecule is O=C1CCN(c2nc3ccccn3c2C(=O)O)CCN1. The van der Waals surface area contributed by atoms with Crippen LogP contribution in [0.1, 0.15) is 16.9 Å². The smallest absolute Gasteiger partial charge is 0.356 e. The van der Waals surface area contributed by atoms with Gasteiger partial charge in [0.25, 0.3) is 0 Å². The monoisotopic (exact) mass is 274 g/mol. The molecule has 2 N–H and O–H groups in total. The number of anilines is 1. The van der Waals surface area contributed by atoms with Gasteiger partial charge in [-0.05, 0) is 12.1 Å². The number of aromatic carboxylic acids is 1. The molecule has 7 nitrogen and oxygen atoms in total. The number of nitrogens with one attached hydrogen (secondary N) is 1. The molecule has 0 aliphatic carbocycles. The Morgan fingerprint density at radius 3 is 3.00 bits per heavy atom. The van der Waals surface area contributed by atoms with Gasteiger partial charge in [0, 0.05) is 32.3 Å². The van der Waals surface area contributed by atoms with E-state index < -0.39 is 5.97 Å². The van der Waals surface area contributed by atoms with Crippen molar-refractivity contribution in [2.75, 3.05) is 24.5 Å². The number of nitrogens with zero attached hydrogens (tertiary/aromatic N) is 3. The second-order valence-electron chi connectivity index (χ2n) is 4.61. The number of carboxylic acids is 1. The minimum atomic E-state index is -1.03. The molecule has 0 aromatic carbocycles. The van der Waals surface area contributed by atoms with E-state index >= 15 is 0 Å². The highest BCUT2D eigenvalue weighted by Crippen LogP contribution is 2.22. The van der Waals surface area contributed by atoms with Gasteiger partial charge in [-0.15, -0.1) is 0 Å². The molecular weight excluding hydrogens is 260 g/mol. The molecule has 0 atom stereocenters. The molecule has 0 spiro atoms. The predicted octanol–water partition coefficient (Wildman–Crippen LogP) is 0.359. The van der Waals surface area contributed by atoms with Crippen LogP contribution in [-0.4, -0.2) is 46.0 Å². The third-order valence-corrected chi connectivity index (χ3v) is 3.33. The molecule has 0 radical (unpaired) electrons. The number of amides is 1. The average molecular weight is 274 g/mol.